The minimum Gasteiger partial charge on any atom is -0.338 e. The second kappa shape index (κ2) is 7.92. The molecular weight excluding hydrogens is 350 g/mol. The fourth-order valence-electron chi connectivity index (χ4n) is 3.81. The van der Waals surface area contributed by atoms with Gasteiger partial charge in [0.15, 0.2) is 0 Å². The zero-order chi connectivity index (χ0) is 19.5. The minimum absolute atomic E-state index is 0.0469. The number of rotatable bonds is 4. The maximum Gasteiger partial charge on any atom is 0.255 e. The van der Waals surface area contributed by atoms with E-state index < -0.39 is 0 Å². The van der Waals surface area contributed by atoms with E-state index in [0.29, 0.717) is 18.0 Å². The number of carbonyl (C=O) groups excluding carboxylic acids is 1. The van der Waals surface area contributed by atoms with E-state index in [1.54, 1.807) is 18.5 Å². The Morgan fingerprint density at radius 2 is 2.07 bits per heavy atom. The van der Waals surface area contributed by atoms with E-state index in [9.17, 15) is 4.79 Å². The summed E-state index contributed by atoms with van der Waals surface area (Å²) in [5.41, 5.74) is 1.68. The quantitative estimate of drug-likeness (QED) is 0.696. The van der Waals surface area contributed by atoms with Gasteiger partial charge in [0, 0.05) is 55.4 Å². The molecule has 6 heteroatoms. The van der Waals surface area contributed by atoms with Crippen LogP contribution in [0.25, 0.3) is 5.82 Å². The number of nitrogens with zero attached hydrogens (tertiary/aromatic N) is 5. The molecule has 1 fully saturated rings. The molecule has 3 aromatic rings. The maximum absolute atomic E-state index is 12.8. The Kier molecular flexibility index (Phi) is 5.19. The highest BCUT2D eigenvalue weighted by atomic mass is 16.2. The summed E-state index contributed by atoms with van der Waals surface area (Å²) in [4.78, 5) is 28.2. The number of likely N-dealkylation sites (tertiary alicyclic amines) is 1. The number of amides is 1. The summed E-state index contributed by atoms with van der Waals surface area (Å²) in [6.45, 7) is 5.73. The summed E-state index contributed by atoms with van der Waals surface area (Å²) in [7, 11) is 0. The van der Waals surface area contributed by atoms with Crippen molar-refractivity contribution in [3.63, 3.8) is 0 Å². The summed E-state index contributed by atoms with van der Waals surface area (Å²) in [5.74, 6) is 2.49. The van der Waals surface area contributed by atoms with Gasteiger partial charge in [-0.25, -0.2) is 9.97 Å². The minimum atomic E-state index is 0.0469. The van der Waals surface area contributed by atoms with E-state index in [1.165, 1.54) is 0 Å². The van der Waals surface area contributed by atoms with E-state index in [1.807, 2.05) is 35.5 Å². The Bertz CT molecular complexity index is 950. The van der Waals surface area contributed by atoms with E-state index in [4.69, 9.17) is 4.98 Å². The zero-order valence-corrected chi connectivity index (χ0v) is 16.3. The highest BCUT2D eigenvalue weighted by molar-refractivity contribution is 5.94. The van der Waals surface area contributed by atoms with Crippen molar-refractivity contribution in [2.75, 3.05) is 13.1 Å². The summed E-state index contributed by atoms with van der Waals surface area (Å²) in [5, 5.41) is 0. The lowest BCUT2D eigenvalue weighted by atomic mass is 9.94. The molecular formula is C22H25N5O. The van der Waals surface area contributed by atoms with Gasteiger partial charge in [0.2, 0.25) is 0 Å². The predicted octanol–water partition coefficient (Wildman–Crippen LogP) is 3.81. The van der Waals surface area contributed by atoms with Crippen LogP contribution in [0.1, 0.15) is 60.4 Å². The Balaban J connectivity index is 1.56. The van der Waals surface area contributed by atoms with Gasteiger partial charge >= 0.3 is 0 Å². The number of carbonyl (C=O) groups is 1. The van der Waals surface area contributed by atoms with Gasteiger partial charge in [-0.3, -0.25) is 14.3 Å². The van der Waals surface area contributed by atoms with E-state index in [0.717, 1.165) is 36.7 Å². The molecule has 3 aromatic heterocycles. The van der Waals surface area contributed by atoms with Crippen LogP contribution in [0, 0.1) is 0 Å². The van der Waals surface area contributed by atoms with Gasteiger partial charge < -0.3 is 4.90 Å². The van der Waals surface area contributed by atoms with Gasteiger partial charge in [-0.1, -0.05) is 19.9 Å². The largest absolute Gasteiger partial charge is 0.338 e. The topological polar surface area (TPSA) is 63.9 Å². The summed E-state index contributed by atoms with van der Waals surface area (Å²) in [6, 6.07) is 9.75. The highest BCUT2D eigenvalue weighted by Gasteiger charge is 2.26. The monoisotopic (exact) mass is 375 g/mol. The summed E-state index contributed by atoms with van der Waals surface area (Å²) in [6.07, 6.45) is 9.11. The van der Waals surface area contributed by atoms with Crippen molar-refractivity contribution in [1.29, 1.82) is 0 Å². The van der Waals surface area contributed by atoms with E-state index in [2.05, 4.69) is 34.4 Å². The fourth-order valence-corrected chi connectivity index (χ4v) is 3.81. The average molecular weight is 375 g/mol. The van der Waals surface area contributed by atoms with Crippen LogP contribution in [0.4, 0.5) is 0 Å². The standard InChI is InChI=1S/C22H25N5O/c1-16(2)21-24-11-13-27(21)20-9-3-8-19(25-20)18-7-5-12-26(15-18)22(28)17-6-4-10-23-14-17/h3-4,6,8-11,13-14,16,18H,5,7,12,15H2,1-2H3/t18-/m1/s1. The molecule has 0 N–H and O–H groups in total. The first kappa shape index (κ1) is 18.3. The predicted molar refractivity (Wildman–Crippen MR) is 108 cm³/mol. The third-order valence-corrected chi connectivity index (χ3v) is 5.22. The Labute approximate surface area is 165 Å². The fraction of sp³-hybridized carbons (Fsp3) is 0.364. The first-order chi connectivity index (χ1) is 13.6. The molecule has 1 saturated heterocycles. The Hall–Kier alpha value is -3.02. The van der Waals surface area contributed by atoms with Crippen molar-refractivity contribution in [1.82, 2.24) is 24.4 Å². The molecule has 28 heavy (non-hydrogen) atoms. The van der Waals surface area contributed by atoms with Crippen LogP contribution in [0.2, 0.25) is 0 Å². The molecule has 0 spiro atoms. The smallest absolute Gasteiger partial charge is 0.255 e. The molecule has 4 rings (SSSR count). The van der Waals surface area contributed by atoms with Crippen LogP contribution >= 0.6 is 0 Å². The van der Waals surface area contributed by atoms with Crippen molar-refractivity contribution in [3.05, 3.63) is 72.2 Å². The molecule has 0 unspecified atom stereocenters. The number of imidazole rings is 1. The van der Waals surface area contributed by atoms with E-state index >= 15 is 0 Å². The van der Waals surface area contributed by atoms with Crippen molar-refractivity contribution >= 4 is 5.91 Å². The first-order valence-corrected chi connectivity index (χ1v) is 9.83. The maximum atomic E-state index is 12.8. The third kappa shape index (κ3) is 3.67. The molecule has 0 aliphatic carbocycles. The Morgan fingerprint density at radius 3 is 2.86 bits per heavy atom. The van der Waals surface area contributed by atoms with Crippen molar-refractivity contribution in [2.24, 2.45) is 0 Å². The van der Waals surface area contributed by atoms with Gasteiger partial charge in [0.1, 0.15) is 11.6 Å². The molecule has 0 saturated carbocycles. The van der Waals surface area contributed by atoms with Gasteiger partial charge in [-0.15, -0.1) is 0 Å². The van der Waals surface area contributed by atoms with Gasteiger partial charge in [0.25, 0.3) is 5.91 Å². The van der Waals surface area contributed by atoms with Crippen molar-refractivity contribution in [2.45, 2.75) is 38.5 Å². The van der Waals surface area contributed by atoms with Crippen LogP contribution in [-0.2, 0) is 0 Å². The first-order valence-electron chi connectivity index (χ1n) is 9.83. The summed E-state index contributed by atoms with van der Waals surface area (Å²) < 4.78 is 2.05. The van der Waals surface area contributed by atoms with E-state index in [-0.39, 0.29) is 11.8 Å². The normalized spacial score (nSPS) is 17.1. The molecule has 1 atom stereocenters. The lowest BCUT2D eigenvalue weighted by molar-refractivity contribution is 0.0705. The van der Waals surface area contributed by atoms with Crippen LogP contribution in [0.15, 0.2) is 55.1 Å². The number of hydrogen-bond donors (Lipinski definition) is 0. The second-order valence-corrected chi connectivity index (χ2v) is 7.56. The number of hydrogen-bond acceptors (Lipinski definition) is 4. The average Bonchev–Trinajstić information content (AvgIpc) is 3.24. The van der Waals surface area contributed by atoms with Crippen LogP contribution in [0.3, 0.4) is 0 Å². The molecule has 4 heterocycles. The number of pyridine rings is 2. The van der Waals surface area contributed by atoms with Crippen molar-refractivity contribution < 1.29 is 4.79 Å². The molecule has 6 nitrogen and oxygen atoms in total. The zero-order valence-electron chi connectivity index (χ0n) is 16.3. The second-order valence-electron chi connectivity index (χ2n) is 7.56. The lowest BCUT2D eigenvalue weighted by Crippen LogP contribution is -2.39. The molecule has 1 aliphatic rings. The van der Waals surface area contributed by atoms with Crippen LogP contribution in [0.5, 0.6) is 0 Å². The Morgan fingerprint density at radius 1 is 1.18 bits per heavy atom. The molecule has 0 aromatic carbocycles. The lowest BCUT2D eigenvalue weighted by Gasteiger charge is -2.32. The SMILES string of the molecule is CC(C)c1nccn1-c1cccc([C@@H]2CCCN(C(=O)c3cccnc3)C2)n1. The molecule has 1 aliphatic heterocycles. The highest BCUT2D eigenvalue weighted by Crippen LogP contribution is 2.27. The number of aromatic nitrogens is 4. The molecule has 0 bridgehead atoms. The molecule has 144 valence electrons. The number of piperidine rings is 1. The van der Waals surface area contributed by atoms with Crippen molar-refractivity contribution in [3.8, 4) is 5.82 Å². The van der Waals surface area contributed by atoms with Crippen LogP contribution < -0.4 is 0 Å². The molecule has 0 radical (unpaired) electrons. The molecule has 1 amide bonds. The van der Waals surface area contributed by atoms with Gasteiger partial charge in [-0.05, 0) is 37.1 Å². The van der Waals surface area contributed by atoms with Crippen LogP contribution in [-0.4, -0.2) is 43.4 Å². The van der Waals surface area contributed by atoms with Gasteiger partial charge in [0.05, 0.1) is 5.56 Å². The third-order valence-electron chi connectivity index (χ3n) is 5.22. The van der Waals surface area contributed by atoms with Gasteiger partial charge in [-0.2, -0.15) is 0 Å². The summed E-state index contributed by atoms with van der Waals surface area (Å²) >= 11 is 0.